The molecule has 0 radical (unpaired) electrons. The fourth-order valence-corrected chi connectivity index (χ4v) is 3.80. The number of aryl methyl sites for hydroxylation is 1. The molecule has 4 nitrogen and oxygen atoms in total. The number of carbonyl (C=O) groups is 1. The summed E-state index contributed by atoms with van der Waals surface area (Å²) in [6.45, 7) is 1.65. The highest BCUT2D eigenvalue weighted by molar-refractivity contribution is 7.98. The lowest BCUT2D eigenvalue weighted by Crippen LogP contribution is -1.98. The van der Waals surface area contributed by atoms with Gasteiger partial charge in [-0.3, -0.25) is 4.79 Å². The summed E-state index contributed by atoms with van der Waals surface area (Å²) in [7, 11) is 1.56. The standard InChI is InChI=1S/C23H19ClF2N2O2S/c1-14-11-19(22(25)26)28-23(27-14)31-13-17-12-15(4-10-21(17)30-2)3-9-20(29)16-5-7-18(24)8-6-16/h3-12,22H,13H2,1-2H3/b9-3+. The molecule has 0 aliphatic rings. The number of nitrogens with zero attached hydrogens (tertiary/aromatic N) is 2. The zero-order chi connectivity index (χ0) is 22.4. The predicted molar refractivity (Wildman–Crippen MR) is 119 cm³/mol. The molecule has 0 spiro atoms. The first-order chi connectivity index (χ1) is 14.9. The van der Waals surface area contributed by atoms with E-state index in [-0.39, 0.29) is 16.6 Å². The molecule has 0 bridgehead atoms. The molecule has 1 heterocycles. The molecule has 0 unspecified atom stereocenters. The Morgan fingerprint density at radius 3 is 2.58 bits per heavy atom. The molecule has 0 atom stereocenters. The molecular weight excluding hydrogens is 442 g/mol. The van der Waals surface area contributed by atoms with Gasteiger partial charge in [-0.25, -0.2) is 18.7 Å². The predicted octanol–water partition coefficient (Wildman–Crippen LogP) is 6.57. The van der Waals surface area contributed by atoms with Crippen molar-refractivity contribution >= 4 is 35.2 Å². The van der Waals surface area contributed by atoms with Crippen LogP contribution in [0, 0.1) is 6.92 Å². The molecule has 0 amide bonds. The number of ether oxygens (including phenoxy) is 1. The molecule has 0 fully saturated rings. The Labute approximate surface area is 188 Å². The van der Waals surface area contributed by atoms with Crippen LogP contribution in [0.5, 0.6) is 5.75 Å². The minimum Gasteiger partial charge on any atom is -0.496 e. The Bertz CT molecular complexity index is 1110. The van der Waals surface area contributed by atoms with Gasteiger partial charge in [-0.05, 0) is 61.0 Å². The van der Waals surface area contributed by atoms with Gasteiger partial charge in [0.1, 0.15) is 11.4 Å². The van der Waals surface area contributed by atoms with E-state index in [9.17, 15) is 13.6 Å². The van der Waals surface area contributed by atoms with E-state index in [1.165, 1.54) is 23.9 Å². The highest BCUT2D eigenvalue weighted by Crippen LogP contribution is 2.29. The van der Waals surface area contributed by atoms with Gasteiger partial charge in [-0.15, -0.1) is 0 Å². The van der Waals surface area contributed by atoms with Gasteiger partial charge in [0.25, 0.3) is 6.43 Å². The van der Waals surface area contributed by atoms with E-state index >= 15 is 0 Å². The van der Waals surface area contributed by atoms with Gasteiger partial charge in [-0.2, -0.15) is 0 Å². The van der Waals surface area contributed by atoms with Gasteiger partial charge in [-0.1, -0.05) is 35.5 Å². The zero-order valence-corrected chi connectivity index (χ0v) is 18.4. The van der Waals surface area contributed by atoms with Gasteiger partial charge in [0.15, 0.2) is 10.9 Å². The highest BCUT2D eigenvalue weighted by atomic mass is 35.5. The number of alkyl halides is 2. The number of aromatic nitrogens is 2. The number of rotatable bonds is 8. The minimum atomic E-state index is -2.65. The van der Waals surface area contributed by atoms with Crippen molar-refractivity contribution in [3.05, 3.63) is 87.7 Å². The van der Waals surface area contributed by atoms with Crippen molar-refractivity contribution < 1.29 is 18.3 Å². The second kappa shape index (κ2) is 10.5. The maximum atomic E-state index is 13.0. The van der Waals surface area contributed by atoms with Crippen LogP contribution in [0.3, 0.4) is 0 Å². The Balaban J connectivity index is 1.76. The third-order valence-corrected chi connectivity index (χ3v) is 5.44. The summed E-state index contributed by atoms with van der Waals surface area (Å²) in [5.74, 6) is 0.925. The summed E-state index contributed by atoms with van der Waals surface area (Å²) >= 11 is 7.09. The average molecular weight is 461 g/mol. The molecule has 31 heavy (non-hydrogen) atoms. The second-order valence-electron chi connectivity index (χ2n) is 6.58. The fraction of sp³-hybridized carbons (Fsp3) is 0.174. The largest absolute Gasteiger partial charge is 0.496 e. The normalized spacial score (nSPS) is 11.3. The Kier molecular flexibility index (Phi) is 7.76. The number of methoxy groups -OCH3 is 1. The van der Waals surface area contributed by atoms with Crippen molar-refractivity contribution in [3.8, 4) is 5.75 Å². The van der Waals surface area contributed by atoms with Crippen LogP contribution in [0.1, 0.15) is 39.3 Å². The van der Waals surface area contributed by atoms with E-state index in [0.29, 0.717) is 27.8 Å². The summed E-state index contributed by atoms with van der Waals surface area (Å²) in [5, 5.41) is 0.840. The minimum absolute atomic E-state index is 0.143. The second-order valence-corrected chi connectivity index (χ2v) is 7.96. The Hall–Kier alpha value is -2.77. The maximum Gasteiger partial charge on any atom is 0.280 e. The lowest BCUT2D eigenvalue weighted by molar-refractivity contribution is 0.104. The van der Waals surface area contributed by atoms with E-state index in [1.54, 1.807) is 50.4 Å². The van der Waals surface area contributed by atoms with E-state index in [2.05, 4.69) is 9.97 Å². The van der Waals surface area contributed by atoms with Crippen LogP contribution in [-0.2, 0) is 5.75 Å². The van der Waals surface area contributed by atoms with Crippen molar-refractivity contribution in [2.75, 3.05) is 7.11 Å². The first kappa shape index (κ1) is 22.9. The molecule has 0 aliphatic heterocycles. The van der Waals surface area contributed by atoms with Gasteiger partial charge < -0.3 is 4.74 Å². The summed E-state index contributed by atoms with van der Waals surface area (Å²) in [5.41, 5.74) is 2.36. The lowest BCUT2D eigenvalue weighted by Gasteiger charge is -2.10. The first-order valence-electron chi connectivity index (χ1n) is 9.27. The van der Waals surface area contributed by atoms with Crippen LogP contribution in [0.2, 0.25) is 5.02 Å². The third kappa shape index (κ3) is 6.35. The summed E-state index contributed by atoms with van der Waals surface area (Å²) in [6, 6.07) is 13.4. The first-order valence-corrected chi connectivity index (χ1v) is 10.6. The fourth-order valence-electron chi connectivity index (χ4n) is 2.78. The molecule has 0 saturated carbocycles. The number of hydrogen-bond acceptors (Lipinski definition) is 5. The SMILES string of the molecule is COc1ccc(/C=C/C(=O)c2ccc(Cl)cc2)cc1CSc1nc(C)cc(C(F)F)n1. The number of allylic oxidation sites excluding steroid dienone is 1. The molecule has 3 aromatic rings. The number of halogens is 3. The molecule has 8 heteroatoms. The number of hydrogen-bond donors (Lipinski definition) is 0. The summed E-state index contributed by atoms with van der Waals surface area (Å²) in [6.07, 6.45) is 0.547. The Morgan fingerprint density at radius 2 is 1.90 bits per heavy atom. The Morgan fingerprint density at radius 1 is 1.16 bits per heavy atom. The van der Waals surface area contributed by atoms with Crippen LogP contribution < -0.4 is 4.74 Å². The molecule has 160 valence electrons. The molecule has 0 N–H and O–H groups in total. The van der Waals surface area contributed by atoms with Crippen molar-refractivity contribution in [3.63, 3.8) is 0 Å². The van der Waals surface area contributed by atoms with Crippen LogP contribution in [0.15, 0.2) is 59.8 Å². The smallest absolute Gasteiger partial charge is 0.280 e. The third-order valence-electron chi connectivity index (χ3n) is 4.29. The van der Waals surface area contributed by atoms with Crippen molar-refractivity contribution in [1.29, 1.82) is 0 Å². The van der Waals surface area contributed by atoms with E-state index in [0.717, 1.165) is 11.1 Å². The number of benzene rings is 2. The lowest BCUT2D eigenvalue weighted by atomic mass is 10.1. The molecule has 2 aromatic carbocycles. The summed E-state index contributed by atoms with van der Waals surface area (Å²) < 4.78 is 31.4. The average Bonchev–Trinajstić information content (AvgIpc) is 2.76. The molecule has 3 rings (SSSR count). The topological polar surface area (TPSA) is 52.1 Å². The van der Waals surface area contributed by atoms with Crippen LogP contribution in [0.4, 0.5) is 8.78 Å². The molecule has 0 aliphatic carbocycles. The van der Waals surface area contributed by atoms with Crippen molar-refractivity contribution in [2.24, 2.45) is 0 Å². The number of thioether (sulfide) groups is 1. The van der Waals surface area contributed by atoms with Gasteiger partial charge in [0.05, 0.1) is 7.11 Å². The van der Waals surface area contributed by atoms with Gasteiger partial charge in [0.2, 0.25) is 0 Å². The van der Waals surface area contributed by atoms with Crippen LogP contribution in [-0.4, -0.2) is 22.9 Å². The highest BCUT2D eigenvalue weighted by Gasteiger charge is 2.13. The van der Waals surface area contributed by atoms with E-state index in [4.69, 9.17) is 16.3 Å². The molecule has 1 aromatic heterocycles. The number of carbonyl (C=O) groups excluding carboxylic acids is 1. The zero-order valence-electron chi connectivity index (χ0n) is 16.8. The molecular formula is C23H19ClF2N2O2S. The monoisotopic (exact) mass is 460 g/mol. The van der Waals surface area contributed by atoms with E-state index in [1.807, 2.05) is 12.1 Å². The van der Waals surface area contributed by atoms with Gasteiger partial charge >= 0.3 is 0 Å². The molecule has 0 saturated heterocycles. The maximum absolute atomic E-state index is 13.0. The van der Waals surface area contributed by atoms with Crippen LogP contribution >= 0.6 is 23.4 Å². The van der Waals surface area contributed by atoms with Gasteiger partial charge in [0, 0.05) is 27.6 Å². The number of ketones is 1. The van der Waals surface area contributed by atoms with Crippen molar-refractivity contribution in [2.45, 2.75) is 24.3 Å². The van der Waals surface area contributed by atoms with E-state index < -0.39 is 6.43 Å². The van der Waals surface area contributed by atoms with Crippen LogP contribution in [0.25, 0.3) is 6.08 Å². The quantitative estimate of drug-likeness (QED) is 0.164. The van der Waals surface area contributed by atoms with Crippen molar-refractivity contribution in [1.82, 2.24) is 9.97 Å². The summed E-state index contributed by atoms with van der Waals surface area (Å²) in [4.78, 5) is 20.5.